The number of nitrogens with zero attached hydrogens (tertiary/aromatic N) is 1. The van der Waals surface area contributed by atoms with Crippen LogP contribution in [0.1, 0.15) is 50.6 Å². The van der Waals surface area contributed by atoms with Crippen molar-refractivity contribution < 1.29 is 9.69 Å². The van der Waals surface area contributed by atoms with Crippen molar-refractivity contribution >= 4 is 27.5 Å². The van der Waals surface area contributed by atoms with Gasteiger partial charge in [-0.15, -0.1) is 11.3 Å². The van der Waals surface area contributed by atoms with Crippen LogP contribution in [0.4, 0.5) is 0 Å². The van der Waals surface area contributed by atoms with E-state index in [1.807, 2.05) is 6.07 Å². The molecule has 2 N–H and O–H groups in total. The van der Waals surface area contributed by atoms with E-state index < -0.39 is 0 Å². The Labute approximate surface area is 148 Å². The molecular formula is C19H28N3OS+. The van der Waals surface area contributed by atoms with Gasteiger partial charge in [0, 0.05) is 13.0 Å². The van der Waals surface area contributed by atoms with E-state index in [-0.39, 0.29) is 5.91 Å². The Kier molecular flexibility index (Phi) is 5.85. The zero-order valence-corrected chi connectivity index (χ0v) is 15.5. The highest BCUT2D eigenvalue weighted by Gasteiger charge is 2.31. The smallest absolute Gasteiger partial charge is 0.275 e. The minimum atomic E-state index is 0.179. The van der Waals surface area contributed by atoms with E-state index in [1.165, 1.54) is 27.4 Å². The highest BCUT2D eigenvalue weighted by Crippen LogP contribution is 2.28. The van der Waals surface area contributed by atoms with Gasteiger partial charge in [0.2, 0.25) is 0 Å². The summed E-state index contributed by atoms with van der Waals surface area (Å²) in [6, 6.07) is 8.69. The molecule has 2 atom stereocenters. The molecule has 4 nitrogen and oxygen atoms in total. The summed E-state index contributed by atoms with van der Waals surface area (Å²) in [7, 11) is 0. The van der Waals surface area contributed by atoms with E-state index in [9.17, 15) is 4.79 Å². The summed E-state index contributed by atoms with van der Waals surface area (Å²) < 4.78 is 1.25. The van der Waals surface area contributed by atoms with Gasteiger partial charge in [-0.2, -0.15) is 0 Å². The SMILES string of the molecule is CC(C)CCNC(=O)C[NH+]1CCCC[C@@H]1c1nc2ccccc2s1. The molecule has 1 unspecified atom stereocenters. The van der Waals surface area contributed by atoms with Gasteiger partial charge in [0.05, 0.1) is 16.8 Å². The summed E-state index contributed by atoms with van der Waals surface area (Å²) in [6.45, 7) is 6.79. The van der Waals surface area contributed by atoms with Gasteiger partial charge in [0.15, 0.2) is 11.6 Å². The Bertz CT molecular complexity index is 649. The van der Waals surface area contributed by atoms with E-state index in [0.717, 1.165) is 31.4 Å². The minimum Gasteiger partial charge on any atom is -0.351 e. The lowest BCUT2D eigenvalue weighted by molar-refractivity contribution is -0.929. The van der Waals surface area contributed by atoms with Gasteiger partial charge >= 0.3 is 0 Å². The van der Waals surface area contributed by atoms with Crippen molar-refractivity contribution in [1.82, 2.24) is 10.3 Å². The van der Waals surface area contributed by atoms with E-state index in [1.54, 1.807) is 11.3 Å². The first-order valence-electron chi connectivity index (χ1n) is 9.10. The molecule has 1 saturated heterocycles. The molecule has 130 valence electrons. The number of piperidine rings is 1. The fraction of sp³-hybridized carbons (Fsp3) is 0.579. The van der Waals surface area contributed by atoms with Gasteiger partial charge in [-0.25, -0.2) is 4.98 Å². The molecule has 0 spiro atoms. The van der Waals surface area contributed by atoms with E-state index in [0.29, 0.717) is 18.5 Å². The fourth-order valence-corrected chi connectivity index (χ4v) is 4.56. The molecule has 1 aromatic heterocycles. The summed E-state index contributed by atoms with van der Waals surface area (Å²) >= 11 is 1.79. The van der Waals surface area contributed by atoms with Crippen molar-refractivity contribution in [2.24, 2.45) is 5.92 Å². The number of carbonyl (C=O) groups excluding carboxylic acids is 1. The largest absolute Gasteiger partial charge is 0.351 e. The number of para-hydroxylation sites is 1. The summed E-state index contributed by atoms with van der Waals surface area (Å²) in [5.74, 6) is 0.807. The average Bonchev–Trinajstić information content (AvgIpc) is 2.98. The van der Waals surface area contributed by atoms with E-state index >= 15 is 0 Å². The lowest BCUT2D eigenvalue weighted by atomic mass is 10.0. The normalized spacial score (nSPS) is 21.3. The number of quaternary nitrogens is 1. The lowest BCUT2D eigenvalue weighted by Crippen LogP contribution is -3.14. The molecule has 1 aliphatic rings. The van der Waals surface area contributed by atoms with Crippen LogP contribution in [0.3, 0.4) is 0 Å². The fourth-order valence-electron chi connectivity index (χ4n) is 3.40. The third-order valence-electron chi connectivity index (χ3n) is 4.77. The molecule has 0 bridgehead atoms. The monoisotopic (exact) mass is 346 g/mol. The van der Waals surface area contributed by atoms with E-state index in [2.05, 4.69) is 37.4 Å². The van der Waals surface area contributed by atoms with E-state index in [4.69, 9.17) is 4.98 Å². The second-order valence-corrected chi connectivity index (χ2v) is 8.25. The Morgan fingerprint density at radius 2 is 2.21 bits per heavy atom. The Morgan fingerprint density at radius 3 is 3.00 bits per heavy atom. The molecule has 2 heterocycles. The van der Waals surface area contributed by atoms with Crippen molar-refractivity contribution in [3.8, 4) is 0 Å². The number of hydrogen-bond acceptors (Lipinski definition) is 3. The van der Waals surface area contributed by atoms with Crippen LogP contribution < -0.4 is 10.2 Å². The standard InChI is InChI=1S/C19H27N3OS/c1-14(2)10-11-20-18(23)13-22-12-6-5-8-16(22)19-21-15-7-3-4-9-17(15)24-19/h3-4,7,9,14,16H,5-6,8,10-13H2,1-2H3,(H,20,23)/p+1/t16-/m1/s1. The predicted molar refractivity (Wildman–Crippen MR) is 99.4 cm³/mol. The lowest BCUT2D eigenvalue weighted by Gasteiger charge is -2.30. The molecule has 1 amide bonds. The number of fused-ring (bicyclic) bond motifs is 1. The van der Waals surface area contributed by atoms with Crippen molar-refractivity contribution in [1.29, 1.82) is 0 Å². The Morgan fingerprint density at radius 1 is 1.38 bits per heavy atom. The van der Waals surface area contributed by atoms with Gasteiger partial charge in [-0.05, 0) is 37.3 Å². The highest BCUT2D eigenvalue weighted by atomic mass is 32.1. The maximum absolute atomic E-state index is 12.3. The van der Waals surface area contributed by atoms with Crippen molar-refractivity contribution in [3.63, 3.8) is 0 Å². The Balaban J connectivity index is 1.65. The molecule has 5 heteroatoms. The van der Waals surface area contributed by atoms with Crippen LogP contribution in [0, 0.1) is 5.92 Å². The molecular weight excluding hydrogens is 318 g/mol. The van der Waals surface area contributed by atoms with Crippen LogP contribution >= 0.6 is 11.3 Å². The molecule has 2 aromatic rings. The van der Waals surface area contributed by atoms with Gasteiger partial charge in [0.25, 0.3) is 5.91 Å². The number of carbonyl (C=O) groups is 1. The average molecular weight is 347 g/mol. The molecule has 24 heavy (non-hydrogen) atoms. The van der Waals surface area contributed by atoms with Gasteiger partial charge in [0.1, 0.15) is 6.04 Å². The number of likely N-dealkylation sites (tertiary alicyclic amines) is 1. The third kappa shape index (κ3) is 4.33. The Hall–Kier alpha value is -1.46. The summed E-state index contributed by atoms with van der Waals surface area (Å²) in [6.07, 6.45) is 4.62. The number of aromatic nitrogens is 1. The van der Waals surface area contributed by atoms with Crippen molar-refractivity contribution in [2.45, 2.75) is 45.6 Å². The number of thiazole rings is 1. The number of amides is 1. The number of nitrogens with one attached hydrogen (secondary N) is 2. The highest BCUT2D eigenvalue weighted by molar-refractivity contribution is 7.18. The topological polar surface area (TPSA) is 46.4 Å². The minimum absolute atomic E-state index is 0.179. The molecule has 3 rings (SSSR count). The molecule has 1 aliphatic heterocycles. The number of hydrogen-bond donors (Lipinski definition) is 2. The van der Waals surface area contributed by atoms with Gasteiger partial charge < -0.3 is 10.2 Å². The number of rotatable bonds is 6. The maximum atomic E-state index is 12.3. The van der Waals surface area contributed by atoms with Crippen LogP contribution in [0.2, 0.25) is 0 Å². The first-order valence-corrected chi connectivity index (χ1v) is 9.92. The molecule has 0 saturated carbocycles. The summed E-state index contributed by atoms with van der Waals surface area (Å²) in [5, 5.41) is 4.28. The van der Waals surface area contributed by atoms with Crippen LogP contribution in [0.25, 0.3) is 10.2 Å². The summed E-state index contributed by atoms with van der Waals surface area (Å²) in [5.41, 5.74) is 1.09. The predicted octanol–water partition coefficient (Wildman–Crippen LogP) is 2.57. The third-order valence-corrected chi connectivity index (χ3v) is 5.92. The molecule has 1 aromatic carbocycles. The second kappa shape index (κ2) is 8.08. The first-order chi connectivity index (χ1) is 11.6. The number of benzene rings is 1. The first kappa shape index (κ1) is 17.4. The quantitative estimate of drug-likeness (QED) is 0.844. The zero-order valence-electron chi connectivity index (χ0n) is 14.7. The van der Waals surface area contributed by atoms with Gasteiger partial charge in [-0.1, -0.05) is 26.0 Å². The molecule has 1 fully saturated rings. The van der Waals surface area contributed by atoms with Crippen molar-refractivity contribution in [2.75, 3.05) is 19.6 Å². The van der Waals surface area contributed by atoms with Crippen molar-refractivity contribution in [3.05, 3.63) is 29.3 Å². The maximum Gasteiger partial charge on any atom is 0.275 e. The zero-order chi connectivity index (χ0) is 16.9. The van der Waals surface area contributed by atoms with Crippen LogP contribution in [-0.4, -0.2) is 30.5 Å². The van der Waals surface area contributed by atoms with Crippen LogP contribution in [0.5, 0.6) is 0 Å². The van der Waals surface area contributed by atoms with Crippen LogP contribution in [-0.2, 0) is 4.79 Å². The summed E-state index contributed by atoms with van der Waals surface area (Å²) in [4.78, 5) is 18.5. The second-order valence-electron chi connectivity index (χ2n) is 7.19. The molecule has 0 radical (unpaired) electrons. The van der Waals surface area contributed by atoms with Gasteiger partial charge in [-0.3, -0.25) is 4.79 Å². The molecule has 0 aliphatic carbocycles. The van der Waals surface area contributed by atoms with Crippen LogP contribution in [0.15, 0.2) is 24.3 Å².